The Morgan fingerprint density at radius 1 is 1.10 bits per heavy atom. The van der Waals surface area contributed by atoms with Gasteiger partial charge in [-0.05, 0) is 44.5 Å². The van der Waals surface area contributed by atoms with Crippen LogP contribution in [0, 0.1) is 5.82 Å². The van der Waals surface area contributed by atoms with E-state index in [0.29, 0.717) is 0 Å². The zero-order valence-corrected chi connectivity index (χ0v) is 13.5. The number of piperazine rings is 1. The summed E-state index contributed by atoms with van der Waals surface area (Å²) in [6.45, 7) is 13.0. The van der Waals surface area contributed by atoms with E-state index < -0.39 is 0 Å². The highest BCUT2D eigenvalue weighted by atomic mass is 19.1. The highest BCUT2D eigenvalue weighted by Gasteiger charge is 2.18. The fourth-order valence-corrected chi connectivity index (χ4v) is 2.56. The first-order chi connectivity index (χ1) is 10.00. The van der Waals surface area contributed by atoms with Crippen molar-refractivity contribution in [1.29, 1.82) is 0 Å². The Balaban J connectivity index is 1.72. The zero-order chi connectivity index (χ0) is 15.3. The van der Waals surface area contributed by atoms with Gasteiger partial charge in [0, 0.05) is 50.5 Å². The van der Waals surface area contributed by atoms with Gasteiger partial charge in [0.2, 0.25) is 0 Å². The van der Waals surface area contributed by atoms with Gasteiger partial charge < -0.3 is 10.2 Å². The first kappa shape index (κ1) is 16.2. The number of anilines is 1. The molecule has 0 spiro atoms. The minimum atomic E-state index is -0.165. The van der Waals surface area contributed by atoms with Crippen LogP contribution in [0.5, 0.6) is 0 Å². The Morgan fingerprint density at radius 3 is 2.29 bits per heavy atom. The molecule has 118 valence electrons. The lowest BCUT2D eigenvalue weighted by atomic mass is 10.0. The lowest BCUT2D eigenvalue weighted by Gasteiger charge is -2.36. The van der Waals surface area contributed by atoms with E-state index in [-0.39, 0.29) is 11.4 Å². The molecule has 21 heavy (non-hydrogen) atoms. The molecular formula is C17H28FN3. The van der Waals surface area contributed by atoms with Crippen LogP contribution in [0.3, 0.4) is 0 Å². The van der Waals surface area contributed by atoms with Gasteiger partial charge >= 0.3 is 0 Å². The number of halogens is 1. The Bertz CT molecular complexity index is 422. The van der Waals surface area contributed by atoms with E-state index >= 15 is 0 Å². The largest absolute Gasteiger partial charge is 0.369 e. The average Bonchev–Trinajstić information content (AvgIpc) is 2.49. The third kappa shape index (κ3) is 4.97. The van der Waals surface area contributed by atoms with Gasteiger partial charge in [-0.2, -0.15) is 0 Å². The van der Waals surface area contributed by atoms with Crippen molar-refractivity contribution >= 4 is 5.69 Å². The van der Waals surface area contributed by atoms with Crippen LogP contribution in [0.15, 0.2) is 24.3 Å². The molecule has 3 nitrogen and oxygen atoms in total. The van der Waals surface area contributed by atoms with Crippen molar-refractivity contribution in [3.8, 4) is 0 Å². The lowest BCUT2D eigenvalue weighted by molar-refractivity contribution is 0.243. The molecule has 1 aromatic carbocycles. The quantitative estimate of drug-likeness (QED) is 0.870. The second-order valence-electron chi connectivity index (χ2n) is 6.47. The summed E-state index contributed by atoms with van der Waals surface area (Å²) in [5, 5.41) is 3.61. The number of hydrogen-bond donors (Lipinski definition) is 1. The van der Waals surface area contributed by atoms with Gasteiger partial charge in [-0.15, -0.1) is 0 Å². The van der Waals surface area contributed by atoms with E-state index in [1.165, 1.54) is 0 Å². The van der Waals surface area contributed by atoms with Gasteiger partial charge in [-0.3, -0.25) is 4.90 Å². The maximum absolute atomic E-state index is 12.9. The number of nitrogens with zero attached hydrogens (tertiary/aromatic N) is 2. The highest BCUT2D eigenvalue weighted by Crippen LogP contribution is 2.16. The molecule has 1 N–H and O–H groups in total. The van der Waals surface area contributed by atoms with Crippen LogP contribution >= 0.6 is 0 Å². The van der Waals surface area contributed by atoms with Gasteiger partial charge in [-0.25, -0.2) is 4.39 Å². The summed E-state index contributed by atoms with van der Waals surface area (Å²) < 4.78 is 12.9. The van der Waals surface area contributed by atoms with Crippen molar-refractivity contribution in [3.63, 3.8) is 0 Å². The molecule has 2 rings (SSSR count). The van der Waals surface area contributed by atoms with E-state index in [0.717, 1.165) is 51.4 Å². The topological polar surface area (TPSA) is 18.5 Å². The Labute approximate surface area is 128 Å². The lowest BCUT2D eigenvalue weighted by Crippen LogP contribution is -2.50. The third-order valence-electron chi connectivity index (χ3n) is 4.48. The molecular weight excluding hydrogens is 265 g/mol. The molecule has 1 heterocycles. The molecule has 0 aromatic heterocycles. The van der Waals surface area contributed by atoms with Gasteiger partial charge in [0.15, 0.2) is 0 Å². The molecule has 1 aliphatic heterocycles. The van der Waals surface area contributed by atoms with Crippen molar-refractivity contribution < 1.29 is 4.39 Å². The minimum absolute atomic E-state index is 0.165. The summed E-state index contributed by atoms with van der Waals surface area (Å²) in [6.07, 6.45) is 1.14. The smallest absolute Gasteiger partial charge is 0.123 e. The Morgan fingerprint density at radius 2 is 1.71 bits per heavy atom. The van der Waals surface area contributed by atoms with E-state index in [2.05, 4.69) is 35.9 Å². The first-order valence-electron chi connectivity index (χ1n) is 7.98. The SMILES string of the molecule is CCC(C)(C)NCCN1CCN(c2ccc(F)cc2)CC1. The number of benzene rings is 1. The maximum atomic E-state index is 12.9. The molecule has 0 amide bonds. The number of nitrogens with one attached hydrogen (secondary N) is 1. The van der Waals surface area contributed by atoms with Crippen molar-refractivity contribution in [3.05, 3.63) is 30.1 Å². The van der Waals surface area contributed by atoms with Crippen molar-refractivity contribution in [2.24, 2.45) is 0 Å². The van der Waals surface area contributed by atoms with Gasteiger partial charge in [0.1, 0.15) is 5.82 Å². The predicted molar refractivity (Wildman–Crippen MR) is 87.4 cm³/mol. The molecule has 1 aromatic rings. The fraction of sp³-hybridized carbons (Fsp3) is 0.647. The van der Waals surface area contributed by atoms with Crippen LogP contribution in [-0.4, -0.2) is 49.7 Å². The molecule has 4 heteroatoms. The molecule has 0 radical (unpaired) electrons. The monoisotopic (exact) mass is 293 g/mol. The summed E-state index contributed by atoms with van der Waals surface area (Å²) in [7, 11) is 0. The van der Waals surface area contributed by atoms with Crippen LogP contribution in [0.1, 0.15) is 27.2 Å². The molecule has 1 saturated heterocycles. The maximum Gasteiger partial charge on any atom is 0.123 e. The molecule has 0 saturated carbocycles. The van der Waals surface area contributed by atoms with Crippen molar-refractivity contribution in [2.45, 2.75) is 32.7 Å². The average molecular weight is 293 g/mol. The van der Waals surface area contributed by atoms with Crippen LogP contribution in [0.25, 0.3) is 0 Å². The van der Waals surface area contributed by atoms with Crippen LogP contribution in [0.2, 0.25) is 0 Å². The molecule has 1 aliphatic rings. The van der Waals surface area contributed by atoms with E-state index in [1.54, 1.807) is 12.1 Å². The highest BCUT2D eigenvalue weighted by molar-refractivity contribution is 5.46. The Hall–Kier alpha value is -1.13. The number of rotatable bonds is 6. The standard InChI is InChI=1S/C17H28FN3/c1-4-17(2,3)19-9-10-20-11-13-21(14-12-20)16-7-5-15(18)6-8-16/h5-8,19H,4,9-14H2,1-3H3. The normalized spacial score (nSPS) is 17.2. The van der Waals surface area contributed by atoms with E-state index in [1.807, 2.05) is 12.1 Å². The van der Waals surface area contributed by atoms with E-state index in [9.17, 15) is 4.39 Å². The van der Waals surface area contributed by atoms with Gasteiger partial charge in [0.05, 0.1) is 0 Å². The summed E-state index contributed by atoms with van der Waals surface area (Å²) in [6, 6.07) is 6.82. The van der Waals surface area contributed by atoms with Gasteiger partial charge in [0.25, 0.3) is 0 Å². The predicted octanol–water partition coefficient (Wildman–Crippen LogP) is 2.73. The summed E-state index contributed by atoms with van der Waals surface area (Å²) in [5.74, 6) is -0.165. The van der Waals surface area contributed by atoms with Crippen LogP contribution in [0.4, 0.5) is 10.1 Å². The van der Waals surface area contributed by atoms with Gasteiger partial charge in [-0.1, -0.05) is 6.92 Å². The van der Waals surface area contributed by atoms with Crippen LogP contribution < -0.4 is 10.2 Å². The number of hydrogen-bond acceptors (Lipinski definition) is 3. The molecule has 0 bridgehead atoms. The molecule has 0 atom stereocenters. The summed E-state index contributed by atoms with van der Waals surface area (Å²) in [4.78, 5) is 4.83. The third-order valence-corrected chi connectivity index (χ3v) is 4.48. The summed E-state index contributed by atoms with van der Waals surface area (Å²) in [5.41, 5.74) is 1.36. The summed E-state index contributed by atoms with van der Waals surface area (Å²) >= 11 is 0. The minimum Gasteiger partial charge on any atom is -0.369 e. The second-order valence-corrected chi connectivity index (χ2v) is 6.47. The molecule has 0 unspecified atom stereocenters. The molecule has 0 aliphatic carbocycles. The zero-order valence-electron chi connectivity index (χ0n) is 13.5. The fourth-order valence-electron chi connectivity index (χ4n) is 2.56. The van der Waals surface area contributed by atoms with Crippen molar-refractivity contribution in [1.82, 2.24) is 10.2 Å². The van der Waals surface area contributed by atoms with E-state index in [4.69, 9.17) is 0 Å². The van der Waals surface area contributed by atoms with Crippen molar-refractivity contribution in [2.75, 3.05) is 44.2 Å². The Kier molecular flexibility index (Phi) is 5.59. The second kappa shape index (κ2) is 7.23. The first-order valence-corrected chi connectivity index (χ1v) is 7.98. The molecule has 1 fully saturated rings. The van der Waals surface area contributed by atoms with Crippen LogP contribution in [-0.2, 0) is 0 Å².